The molecule has 140 valence electrons. The van der Waals surface area contributed by atoms with Gasteiger partial charge in [0.1, 0.15) is 0 Å². The molecule has 2 aromatic rings. The highest BCUT2D eigenvalue weighted by Crippen LogP contribution is 2.21. The van der Waals surface area contributed by atoms with Gasteiger partial charge < -0.3 is 5.11 Å². The van der Waals surface area contributed by atoms with Gasteiger partial charge in [0.05, 0.1) is 28.9 Å². The highest BCUT2D eigenvalue weighted by molar-refractivity contribution is 5.53. The van der Waals surface area contributed by atoms with E-state index in [1.165, 1.54) is 19.3 Å². The number of aromatic nitrogens is 2. The van der Waals surface area contributed by atoms with Crippen LogP contribution in [-0.4, -0.2) is 21.2 Å². The number of nitrogens with zero attached hydrogens (tertiary/aromatic N) is 2. The lowest BCUT2D eigenvalue weighted by Gasteiger charge is -2.17. The van der Waals surface area contributed by atoms with Crippen molar-refractivity contribution in [3.05, 3.63) is 64.2 Å². The van der Waals surface area contributed by atoms with Crippen molar-refractivity contribution in [1.82, 2.24) is 9.97 Å². The van der Waals surface area contributed by atoms with Crippen molar-refractivity contribution < 1.29 is 5.11 Å². The molecule has 0 radical (unpaired) electrons. The van der Waals surface area contributed by atoms with Crippen LogP contribution in [0.5, 0.6) is 0 Å². The van der Waals surface area contributed by atoms with Gasteiger partial charge in [-0.05, 0) is 44.7 Å². The van der Waals surface area contributed by atoms with Gasteiger partial charge in [-0.3, -0.25) is 9.97 Å². The van der Waals surface area contributed by atoms with Crippen molar-refractivity contribution >= 4 is 6.08 Å². The zero-order valence-corrected chi connectivity index (χ0v) is 16.6. The van der Waals surface area contributed by atoms with E-state index in [0.717, 1.165) is 46.8 Å². The number of aryl methyl sites for hydroxylation is 3. The Morgan fingerprint density at radius 3 is 2.35 bits per heavy atom. The predicted octanol–water partition coefficient (Wildman–Crippen LogP) is 5.36. The molecular formula is C23H32N2O. The summed E-state index contributed by atoms with van der Waals surface area (Å²) in [4.78, 5) is 9.22. The molecule has 0 bridgehead atoms. The minimum Gasteiger partial charge on any atom is -0.388 e. The smallest absolute Gasteiger partial charge is 0.0809 e. The summed E-state index contributed by atoms with van der Waals surface area (Å²) < 4.78 is 0. The van der Waals surface area contributed by atoms with Gasteiger partial charge in [0.25, 0.3) is 0 Å². The van der Waals surface area contributed by atoms with E-state index in [4.69, 9.17) is 0 Å². The fraction of sp³-hybridized carbons (Fsp3) is 0.478. The number of aliphatic hydroxyl groups excluding tert-OH is 1. The molecule has 1 heterocycles. The Morgan fingerprint density at radius 2 is 1.65 bits per heavy atom. The summed E-state index contributed by atoms with van der Waals surface area (Å²) in [5.41, 5.74) is 5.94. The number of unbranched alkanes of at least 4 members (excludes halogenated alkanes) is 3. The maximum absolute atomic E-state index is 10.9. The van der Waals surface area contributed by atoms with Crippen molar-refractivity contribution in [2.24, 2.45) is 0 Å². The van der Waals surface area contributed by atoms with Crippen LogP contribution >= 0.6 is 0 Å². The second kappa shape index (κ2) is 10.2. The number of hydrogen-bond acceptors (Lipinski definition) is 3. The third-order valence-electron chi connectivity index (χ3n) is 4.86. The van der Waals surface area contributed by atoms with Crippen molar-refractivity contribution in [2.45, 2.75) is 72.3 Å². The maximum atomic E-state index is 10.9. The summed E-state index contributed by atoms with van der Waals surface area (Å²) in [7, 11) is 0. The Hall–Kier alpha value is -2.00. The molecule has 0 aliphatic heterocycles. The van der Waals surface area contributed by atoms with Gasteiger partial charge in [0.15, 0.2) is 0 Å². The Bertz CT molecular complexity index is 722. The third kappa shape index (κ3) is 6.06. The molecular weight excluding hydrogens is 320 g/mol. The summed E-state index contributed by atoms with van der Waals surface area (Å²) in [6, 6.07) is 10.3. The van der Waals surface area contributed by atoms with Gasteiger partial charge >= 0.3 is 0 Å². The molecule has 1 unspecified atom stereocenters. The largest absolute Gasteiger partial charge is 0.388 e. The van der Waals surface area contributed by atoms with Crippen LogP contribution in [0.1, 0.15) is 67.4 Å². The van der Waals surface area contributed by atoms with E-state index in [2.05, 4.69) is 35.1 Å². The van der Waals surface area contributed by atoms with Crippen LogP contribution in [0.25, 0.3) is 6.08 Å². The maximum Gasteiger partial charge on any atom is 0.0809 e. The van der Waals surface area contributed by atoms with Gasteiger partial charge in [-0.15, -0.1) is 0 Å². The first kappa shape index (κ1) is 20.3. The number of rotatable bonds is 9. The van der Waals surface area contributed by atoms with E-state index < -0.39 is 6.10 Å². The molecule has 0 saturated carbocycles. The van der Waals surface area contributed by atoms with Crippen LogP contribution in [0.2, 0.25) is 0 Å². The molecule has 0 aliphatic carbocycles. The van der Waals surface area contributed by atoms with Gasteiger partial charge in [0.2, 0.25) is 0 Å². The Morgan fingerprint density at radius 1 is 0.962 bits per heavy atom. The predicted molar refractivity (Wildman–Crippen MR) is 109 cm³/mol. The van der Waals surface area contributed by atoms with Crippen LogP contribution < -0.4 is 0 Å². The quantitative estimate of drug-likeness (QED) is 0.618. The SMILES string of the molecule is CCCCCC/C(=C/c1ccccc1)C(O)Cc1nc(C)c(C)nc1C. The van der Waals surface area contributed by atoms with Crippen LogP contribution in [0.4, 0.5) is 0 Å². The average molecular weight is 353 g/mol. The summed E-state index contributed by atoms with van der Waals surface area (Å²) in [5.74, 6) is 0. The van der Waals surface area contributed by atoms with Crippen molar-refractivity contribution in [3.8, 4) is 0 Å². The molecule has 1 N–H and O–H groups in total. The number of hydrogen-bond donors (Lipinski definition) is 1. The zero-order chi connectivity index (χ0) is 18.9. The van der Waals surface area contributed by atoms with E-state index >= 15 is 0 Å². The normalized spacial score (nSPS) is 13.0. The van der Waals surface area contributed by atoms with Gasteiger partial charge in [-0.1, -0.05) is 62.6 Å². The average Bonchev–Trinajstić information content (AvgIpc) is 2.63. The zero-order valence-electron chi connectivity index (χ0n) is 16.6. The Labute approximate surface area is 158 Å². The molecule has 0 spiro atoms. The molecule has 1 atom stereocenters. The van der Waals surface area contributed by atoms with E-state index in [-0.39, 0.29) is 0 Å². The van der Waals surface area contributed by atoms with Gasteiger partial charge in [-0.25, -0.2) is 0 Å². The second-order valence-electron chi connectivity index (χ2n) is 7.09. The molecule has 2 rings (SSSR count). The molecule has 3 heteroatoms. The van der Waals surface area contributed by atoms with Crippen LogP contribution in [0, 0.1) is 20.8 Å². The van der Waals surface area contributed by atoms with E-state index in [1.54, 1.807) is 0 Å². The van der Waals surface area contributed by atoms with E-state index in [0.29, 0.717) is 6.42 Å². The lowest BCUT2D eigenvalue weighted by molar-refractivity contribution is 0.205. The van der Waals surface area contributed by atoms with Crippen LogP contribution in [0.15, 0.2) is 35.9 Å². The summed E-state index contributed by atoms with van der Waals surface area (Å²) in [6.07, 6.45) is 7.85. The highest BCUT2D eigenvalue weighted by atomic mass is 16.3. The fourth-order valence-electron chi connectivity index (χ4n) is 3.12. The molecule has 1 aromatic carbocycles. The molecule has 0 aliphatic rings. The van der Waals surface area contributed by atoms with Crippen molar-refractivity contribution in [3.63, 3.8) is 0 Å². The summed E-state index contributed by atoms with van der Waals surface area (Å²) in [5, 5.41) is 10.9. The lowest BCUT2D eigenvalue weighted by Crippen LogP contribution is -2.17. The molecule has 0 fully saturated rings. The minimum atomic E-state index is -0.521. The van der Waals surface area contributed by atoms with Crippen LogP contribution in [0.3, 0.4) is 0 Å². The summed E-state index contributed by atoms with van der Waals surface area (Å²) in [6.45, 7) is 8.15. The Kier molecular flexibility index (Phi) is 7.99. The molecule has 1 aromatic heterocycles. The summed E-state index contributed by atoms with van der Waals surface area (Å²) >= 11 is 0. The first-order valence-corrected chi connectivity index (χ1v) is 9.75. The second-order valence-corrected chi connectivity index (χ2v) is 7.09. The van der Waals surface area contributed by atoms with Gasteiger partial charge in [0, 0.05) is 6.42 Å². The molecule has 26 heavy (non-hydrogen) atoms. The number of benzene rings is 1. The molecule has 0 saturated heterocycles. The fourth-order valence-corrected chi connectivity index (χ4v) is 3.12. The van der Waals surface area contributed by atoms with E-state index in [9.17, 15) is 5.11 Å². The van der Waals surface area contributed by atoms with Crippen LogP contribution in [-0.2, 0) is 6.42 Å². The first-order valence-electron chi connectivity index (χ1n) is 9.75. The third-order valence-corrected chi connectivity index (χ3v) is 4.86. The number of aliphatic hydroxyl groups is 1. The highest BCUT2D eigenvalue weighted by Gasteiger charge is 2.15. The standard InChI is InChI=1S/C23H32N2O/c1-5-6-7-11-14-21(15-20-12-9-8-10-13-20)23(26)16-22-19(4)24-17(2)18(3)25-22/h8-10,12-13,15,23,26H,5-7,11,14,16H2,1-4H3/b21-15-. The lowest BCUT2D eigenvalue weighted by atomic mass is 9.96. The molecule has 0 amide bonds. The monoisotopic (exact) mass is 352 g/mol. The van der Waals surface area contributed by atoms with Crippen molar-refractivity contribution in [2.75, 3.05) is 0 Å². The van der Waals surface area contributed by atoms with E-state index in [1.807, 2.05) is 39.0 Å². The topological polar surface area (TPSA) is 46.0 Å². The Balaban J connectivity index is 2.18. The molecule has 3 nitrogen and oxygen atoms in total. The minimum absolute atomic E-state index is 0.520. The van der Waals surface area contributed by atoms with Gasteiger partial charge in [-0.2, -0.15) is 0 Å². The first-order chi connectivity index (χ1) is 12.5. The van der Waals surface area contributed by atoms with Crippen molar-refractivity contribution in [1.29, 1.82) is 0 Å².